The molecular formula is C19H13BrO5. The van der Waals surface area contributed by atoms with Crippen LogP contribution in [0.3, 0.4) is 0 Å². The van der Waals surface area contributed by atoms with Crippen LogP contribution in [0.4, 0.5) is 0 Å². The highest BCUT2D eigenvalue weighted by Gasteiger charge is 2.60. The third-order valence-corrected chi connectivity index (χ3v) is 5.79. The molecule has 2 aliphatic carbocycles. The van der Waals surface area contributed by atoms with E-state index in [1.807, 2.05) is 0 Å². The van der Waals surface area contributed by atoms with Gasteiger partial charge in [-0.15, -0.1) is 0 Å². The Morgan fingerprint density at radius 2 is 1.40 bits per heavy atom. The van der Waals surface area contributed by atoms with E-state index in [4.69, 9.17) is 0 Å². The minimum Gasteiger partial charge on any atom is -0.481 e. The SMILES string of the molecule is O=C1c2cc(Br)ccc2[C@@H]2[C@@H](C(=O)O)[C@@H](C(=O)O)[C@@H]2c2ccccc21. The number of carbonyl (C=O) groups excluding carboxylic acids is 1. The van der Waals surface area contributed by atoms with Crippen molar-refractivity contribution in [1.29, 1.82) is 0 Å². The van der Waals surface area contributed by atoms with Gasteiger partial charge in [-0.05, 0) is 23.3 Å². The Balaban J connectivity index is 2.02. The van der Waals surface area contributed by atoms with Crippen LogP contribution >= 0.6 is 15.9 Å². The smallest absolute Gasteiger partial charge is 0.308 e. The number of rotatable bonds is 2. The summed E-state index contributed by atoms with van der Waals surface area (Å²) >= 11 is 3.35. The summed E-state index contributed by atoms with van der Waals surface area (Å²) in [4.78, 5) is 36.6. The highest BCUT2D eigenvalue weighted by atomic mass is 79.9. The van der Waals surface area contributed by atoms with E-state index in [9.17, 15) is 24.6 Å². The molecule has 0 spiro atoms. The van der Waals surface area contributed by atoms with E-state index in [1.54, 1.807) is 42.5 Å². The van der Waals surface area contributed by atoms with Gasteiger partial charge in [0.05, 0.1) is 11.8 Å². The Labute approximate surface area is 151 Å². The van der Waals surface area contributed by atoms with Crippen molar-refractivity contribution in [2.24, 2.45) is 11.8 Å². The van der Waals surface area contributed by atoms with Gasteiger partial charge in [-0.25, -0.2) is 0 Å². The molecule has 0 saturated heterocycles. The summed E-state index contributed by atoms with van der Waals surface area (Å²) in [6.45, 7) is 0. The maximum Gasteiger partial charge on any atom is 0.308 e. The van der Waals surface area contributed by atoms with Crippen LogP contribution in [0.1, 0.15) is 38.9 Å². The first-order valence-corrected chi connectivity index (χ1v) is 8.59. The summed E-state index contributed by atoms with van der Waals surface area (Å²) in [5.41, 5.74) is 2.11. The van der Waals surface area contributed by atoms with E-state index in [0.29, 0.717) is 22.3 Å². The average Bonchev–Trinajstić information content (AvgIpc) is 2.61. The maximum absolute atomic E-state index is 13.0. The van der Waals surface area contributed by atoms with Gasteiger partial charge in [-0.2, -0.15) is 0 Å². The van der Waals surface area contributed by atoms with Crippen LogP contribution in [0.2, 0.25) is 0 Å². The quantitative estimate of drug-likeness (QED) is 0.806. The monoisotopic (exact) mass is 400 g/mol. The molecule has 2 N–H and O–H groups in total. The highest BCUT2D eigenvalue weighted by Crippen LogP contribution is 2.60. The second-order valence-corrected chi connectivity index (χ2v) is 7.34. The third kappa shape index (κ3) is 2.17. The lowest BCUT2D eigenvalue weighted by Gasteiger charge is -2.48. The van der Waals surface area contributed by atoms with E-state index in [-0.39, 0.29) is 5.78 Å². The molecule has 1 fully saturated rings. The molecule has 126 valence electrons. The number of carboxylic acid groups (broad SMARTS) is 2. The first-order valence-electron chi connectivity index (χ1n) is 7.80. The second-order valence-electron chi connectivity index (χ2n) is 6.43. The highest BCUT2D eigenvalue weighted by molar-refractivity contribution is 9.10. The van der Waals surface area contributed by atoms with E-state index < -0.39 is 35.6 Å². The van der Waals surface area contributed by atoms with Crippen molar-refractivity contribution in [3.8, 4) is 0 Å². The maximum atomic E-state index is 13.0. The predicted molar refractivity (Wildman–Crippen MR) is 91.8 cm³/mol. The fourth-order valence-electron chi connectivity index (χ4n) is 4.29. The molecule has 0 aromatic heterocycles. The first-order chi connectivity index (χ1) is 11.9. The number of carboxylic acids is 2. The summed E-state index contributed by atoms with van der Waals surface area (Å²) in [7, 11) is 0. The topological polar surface area (TPSA) is 91.7 Å². The number of hydrogen-bond donors (Lipinski definition) is 2. The van der Waals surface area contributed by atoms with Crippen molar-refractivity contribution < 1.29 is 24.6 Å². The van der Waals surface area contributed by atoms with Crippen LogP contribution < -0.4 is 0 Å². The Morgan fingerprint density at radius 1 is 0.840 bits per heavy atom. The zero-order valence-electron chi connectivity index (χ0n) is 12.8. The Hall–Kier alpha value is -2.47. The van der Waals surface area contributed by atoms with Crippen LogP contribution in [0.15, 0.2) is 46.9 Å². The van der Waals surface area contributed by atoms with Crippen molar-refractivity contribution in [2.45, 2.75) is 11.8 Å². The van der Waals surface area contributed by atoms with E-state index >= 15 is 0 Å². The molecule has 0 amide bonds. The molecule has 0 radical (unpaired) electrons. The van der Waals surface area contributed by atoms with Crippen LogP contribution in [-0.2, 0) is 9.59 Å². The van der Waals surface area contributed by atoms with Gasteiger partial charge in [-0.3, -0.25) is 14.4 Å². The number of ketones is 1. The van der Waals surface area contributed by atoms with Gasteiger partial charge in [0.25, 0.3) is 0 Å². The van der Waals surface area contributed by atoms with Crippen molar-refractivity contribution in [3.63, 3.8) is 0 Å². The molecule has 0 heterocycles. The summed E-state index contributed by atoms with van der Waals surface area (Å²) < 4.78 is 0.719. The number of carbonyl (C=O) groups is 3. The van der Waals surface area contributed by atoms with Gasteiger partial charge in [-0.1, -0.05) is 46.3 Å². The molecule has 25 heavy (non-hydrogen) atoms. The Kier molecular flexibility index (Phi) is 3.54. The number of benzene rings is 2. The lowest BCUT2D eigenvalue weighted by molar-refractivity contribution is -0.164. The minimum absolute atomic E-state index is 0.199. The number of fused-ring (bicyclic) bond motifs is 5. The van der Waals surface area contributed by atoms with Crippen LogP contribution in [0, 0.1) is 11.8 Å². The summed E-state index contributed by atoms with van der Waals surface area (Å²) in [6, 6.07) is 12.1. The van der Waals surface area contributed by atoms with Gasteiger partial charge in [0.1, 0.15) is 0 Å². The molecule has 4 atom stereocenters. The molecule has 5 nitrogen and oxygen atoms in total. The van der Waals surface area contributed by atoms with Gasteiger partial charge >= 0.3 is 11.9 Å². The van der Waals surface area contributed by atoms with Gasteiger partial charge in [0, 0.05) is 27.4 Å². The number of aliphatic carboxylic acids is 2. The van der Waals surface area contributed by atoms with Crippen molar-refractivity contribution in [2.75, 3.05) is 0 Å². The van der Waals surface area contributed by atoms with Crippen molar-refractivity contribution in [1.82, 2.24) is 0 Å². The summed E-state index contributed by atoms with van der Waals surface area (Å²) in [5.74, 6) is -5.65. The minimum atomic E-state index is -1.14. The van der Waals surface area contributed by atoms with Gasteiger partial charge in [0.2, 0.25) is 0 Å². The average molecular weight is 401 g/mol. The molecule has 2 aliphatic rings. The fraction of sp³-hybridized carbons (Fsp3) is 0.211. The molecule has 0 bridgehead atoms. The van der Waals surface area contributed by atoms with E-state index in [0.717, 1.165) is 4.47 Å². The molecule has 2 aromatic carbocycles. The normalized spacial score (nSPS) is 26.5. The molecular weight excluding hydrogens is 388 g/mol. The van der Waals surface area contributed by atoms with Crippen LogP contribution in [0.25, 0.3) is 0 Å². The first kappa shape index (κ1) is 16.0. The van der Waals surface area contributed by atoms with Crippen LogP contribution in [0.5, 0.6) is 0 Å². The number of halogens is 1. The largest absolute Gasteiger partial charge is 0.481 e. The Bertz CT molecular complexity index is 935. The number of hydrogen-bond acceptors (Lipinski definition) is 3. The van der Waals surface area contributed by atoms with Crippen molar-refractivity contribution in [3.05, 3.63) is 69.2 Å². The van der Waals surface area contributed by atoms with E-state index in [2.05, 4.69) is 15.9 Å². The second kappa shape index (κ2) is 5.52. The van der Waals surface area contributed by atoms with Gasteiger partial charge in [0.15, 0.2) is 5.78 Å². The lowest BCUT2D eigenvalue weighted by Crippen LogP contribution is -2.51. The van der Waals surface area contributed by atoms with Crippen molar-refractivity contribution >= 4 is 33.7 Å². The molecule has 6 heteroatoms. The van der Waals surface area contributed by atoms with Gasteiger partial charge < -0.3 is 10.2 Å². The predicted octanol–water partition coefficient (Wildman–Crippen LogP) is 3.28. The molecule has 2 aromatic rings. The summed E-state index contributed by atoms with van der Waals surface area (Å²) in [5, 5.41) is 19.2. The van der Waals surface area contributed by atoms with E-state index in [1.165, 1.54) is 0 Å². The molecule has 4 rings (SSSR count). The third-order valence-electron chi connectivity index (χ3n) is 5.30. The molecule has 1 saturated carbocycles. The zero-order chi connectivity index (χ0) is 17.9. The zero-order valence-corrected chi connectivity index (χ0v) is 14.4. The molecule has 0 unspecified atom stereocenters. The molecule has 0 aliphatic heterocycles. The van der Waals surface area contributed by atoms with Crippen LogP contribution in [-0.4, -0.2) is 27.9 Å². The standard InChI is InChI=1S/C19H13BrO5/c20-8-5-6-10-12(7-8)17(21)11-4-2-1-3-9(11)13-14(10)16(19(24)25)15(13)18(22)23/h1-7,13-16H,(H,22,23)(H,24,25)/t13-,14+,15+,16-/m1/s1. The fourth-order valence-corrected chi connectivity index (χ4v) is 4.65. The Morgan fingerprint density at radius 3 is 2.00 bits per heavy atom. The lowest BCUT2D eigenvalue weighted by atomic mass is 9.52. The summed E-state index contributed by atoms with van der Waals surface area (Å²) in [6.07, 6.45) is 0.